The molecule has 1 aromatic rings. The number of rotatable bonds is 2. The van der Waals surface area contributed by atoms with E-state index in [0.29, 0.717) is 11.1 Å². The minimum atomic E-state index is -0.436. The zero-order valence-electron chi connectivity index (χ0n) is 7.82. The summed E-state index contributed by atoms with van der Waals surface area (Å²) in [5, 5.41) is 8.56. The Hall–Kier alpha value is -2.08. The van der Waals surface area contributed by atoms with Crippen LogP contribution in [0.1, 0.15) is 18.1 Å². The first-order valence-corrected chi connectivity index (χ1v) is 4.12. The molecule has 0 heterocycles. The molecule has 2 N–H and O–H groups in total. The molecule has 0 unspecified atom stereocenters. The third-order valence-corrected chi connectivity index (χ3v) is 1.81. The summed E-state index contributed by atoms with van der Waals surface area (Å²) >= 11 is 0. The van der Waals surface area contributed by atoms with Crippen molar-refractivity contribution >= 4 is 12.0 Å². The highest BCUT2D eigenvalue weighted by Crippen LogP contribution is 2.07. The van der Waals surface area contributed by atoms with E-state index in [1.807, 2.05) is 6.07 Å². The van der Waals surface area contributed by atoms with Gasteiger partial charge >= 0.3 is 0 Å². The van der Waals surface area contributed by atoms with Gasteiger partial charge in [-0.3, -0.25) is 4.79 Å². The number of nitrogens with zero attached hydrogens (tertiary/aromatic N) is 1. The lowest BCUT2D eigenvalue weighted by Crippen LogP contribution is -2.11. The van der Waals surface area contributed by atoms with Crippen molar-refractivity contribution in [1.82, 2.24) is 0 Å². The minimum Gasteiger partial charge on any atom is -0.366 e. The van der Waals surface area contributed by atoms with Crippen LogP contribution in [0.25, 0.3) is 6.08 Å². The topological polar surface area (TPSA) is 66.9 Å². The van der Waals surface area contributed by atoms with Crippen LogP contribution in [-0.2, 0) is 4.79 Å². The van der Waals surface area contributed by atoms with Gasteiger partial charge in [0.1, 0.15) is 0 Å². The molecule has 14 heavy (non-hydrogen) atoms. The highest BCUT2D eigenvalue weighted by molar-refractivity contribution is 5.95. The van der Waals surface area contributed by atoms with E-state index in [1.54, 1.807) is 37.3 Å². The van der Waals surface area contributed by atoms with Gasteiger partial charge in [-0.25, -0.2) is 0 Å². The average molecular weight is 186 g/mol. The van der Waals surface area contributed by atoms with Crippen molar-refractivity contribution in [3.63, 3.8) is 0 Å². The first-order chi connectivity index (χ1) is 6.63. The molecule has 3 heteroatoms. The Morgan fingerprint density at radius 2 is 2.00 bits per heavy atom. The Morgan fingerprint density at radius 1 is 1.43 bits per heavy atom. The molecule has 0 fully saturated rings. The molecule has 3 nitrogen and oxygen atoms in total. The van der Waals surface area contributed by atoms with E-state index in [4.69, 9.17) is 11.0 Å². The van der Waals surface area contributed by atoms with Gasteiger partial charge < -0.3 is 5.73 Å². The molecular weight excluding hydrogens is 176 g/mol. The molecule has 0 radical (unpaired) electrons. The second-order valence-electron chi connectivity index (χ2n) is 2.93. The summed E-state index contributed by atoms with van der Waals surface area (Å²) in [6.45, 7) is 1.65. The summed E-state index contributed by atoms with van der Waals surface area (Å²) in [5.74, 6) is -0.436. The SMILES string of the molecule is C/C(=C\c1ccc(C#N)cc1)C(N)=O. The number of nitrogens with two attached hydrogens (primary N) is 1. The van der Waals surface area contributed by atoms with E-state index in [-0.39, 0.29) is 0 Å². The molecule has 0 aliphatic rings. The van der Waals surface area contributed by atoms with Crippen molar-refractivity contribution < 1.29 is 4.79 Å². The van der Waals surface area contributed by atoms with E-state index in [1.165, 1.54) is 0 Å². The average Bonchev–Trinajstić information content (AvgIpc) is 2.19. The molecule has 0 saturated carbocycles. The summed E-state index contributed by atoms with van der Waals surface area (Å²) in [7, 11) is 0. The van der Waals surface area contributed by atoms with Crippen LogP contribution in [0.5, 0.6) is 0 Å². The summed E-state index contributed by atoms with van der Waals surface area (Å²) in [6.07, 6.45) is 1.68. The third kappa shape index (κ3) is 2.46. The minimum absolute atomic E-state index is 0.436. The fraction of sp³-hybridized carbons (Fsp3) is 0.0909. The number of primary amides is 1. The monoisotopic (exact) mass is 186 g/mol. The fourth-order valence-electron chi connectivity index (χ4n) is 0.975. The van der Waals surface area contributed by atoms with Crippen molar-refractivity contribution in [2.75, 3.05) is 0 Å². The van der Waals surface area contributed by atoms with Crippen LogP contribution in [0.4, 0.5) is 0 Å². The maximum absolute atomic E-state index is 10.7. The zero-order valence-corrected chi connectivity index (χ0v) is 7.82. The van der Waals surface area contributed by atoms with Crippen molar-refractivity contribution in [2.45, 2.75) is 6.92 Å². The van der Waals surface area contributed by atoms with Gasteiger partial charge in [-0.15, -0.1) is 0 Å². The van der Waals surface area contributed by atoms with Crippen molar-refractivity contribution in [1.29, 1.82) is 5.26 Å². The van der Waals surface area contributed by atoms with E-state index < -0.39 is 5.91 Å². The Morgan fingerprint density at radius 3 is 2.43 bits per heavy atom. The number of carbonyl (C=O) groups is 1. The highest BCUT2D eigenvalue weighted by atomic mass is 16.1. The van der Waals surface area contributed by atoms with E-state index in [2.05, 4.69) is 0 Å². The predicted molar refractivity (Wildman–Crippen MR) is 54.0 cm³/mol. The molecule has 1 rings (SSSR count). The molecule has 1 aromatic carbocycles. The Kier molecular flexibility index (Phi) is 3.03. The lowest BCUT2D eigenvalue weighted by Gasteiger charge is -1.96. The van der Waals surface area contributed by atoms with Crippen LogP contribution in [-0.4, -0.2) is 5.91 Å². The van der Waals surface area contributed by atoms with Gasteiger partial charge in [-0.05, 0) is 30.7 Å². The molecule has 0 atom stereocenters. The quantitative estimate of drug-likeness (QED) is 0.710. The second-order valence-corrected chi connectivity index (χ2v) is 2.93. The number of amides is 1. The maximum atomic E-state index is 10.7. The lowest BCUT2D eigenvalue weighted by atomic mass is 10.1. The largest absolute Gasteiger partial charge is 0.366 e. The molecule has 0 spiro atoms. The van der Waals surface area contributed by atoms with Gasteiger partial charge in [0.05, 0.1) is 11.6 Å². The fourth-order valence-corrected chi connectivity index (χ4v) is 0.975. The van der Waals surface area contributed by atoms with Gasteiger partial charge in [0.2, 0.25) is 5.91 Å². The summed E-state index contributed by atoms with van der Waals surface area (Å²) in [4.78, 5) is 10.7. The standard InChI is InChI=1S/C11H10N2O/c1-8(11(13)14)6-9-2-4-10(7-12)5-3-9/h2-6H,1H3,(H2,13,14)/b8-6+. The number of carbonyl (C=O) groups excluding carboxylic acids is 1. The number of hydrogen-bond donors (Lipinski definition) is 1. The maximum Gasteiger partial charge on any atom is 0.244 e. The third-order valence-electron chi connectivity index (χ3n) is 1.81. The molecule has 0 aliphatic carbocycles. The van der Waals surface area contributed by atoms with Crippen LogP contribution in [0, 0.1) is 11.3 Å². The van der Waals surface area contributed by atoms with Crippen LogP contribution in [0.15, 0.2) is 29.8 Å². The normalized spacial score (nSPS) is 10.7. The molecule has 0 aromatic heterocycles. The van der Waals surface area contributed by atoms with Crippen molar-refractivity contribution in [2.24, 2.45) is 5.73 Å². The molecular formula is C11H10N2O. The van der Waals surface area contributed by atoms with Crippen LogP contribution < -0.4 is 5.73 Å². The smallest absolute Gasteiger partial charge is 0.244 e. The molecule has 70 valence electrons. The second kappa shape index (κ2) is 4.24. The summed E-state index contributed by atoms with van der Waals surface area (Å²) in [6, 6.07) is 8.94. The van der Waals surface area contributed by atoms with Crippen molar-refractivity contribution in [3.8, 4) is 6.07 Å². The molecule has 1 amide bonds. The molecule has 0 saturated heterocycles. The first-order valence-electron chi connectivity index (χ1n) is 4.12. The van der Waals surface area contributed by atoms with Gasteiger partial charge in [-0.2, -0.15) is 5.26 Å². The Labute approximate surface area is 82.5 Å². The number of hydrogen-bond acceptors (Lipinski definition) is 2. The van der Waals surface area contributed by atoms with E-state index in [0.717, 1.165) is 5.56 Å². The molecule has 0 aliphatic heterocycles. The lowest BCUT2D eigenvalue weighted by molar-refractivity contribution is -0.114. The van der Waals surface area contributed by atoms with Crippen LogP contribution in [0.2, 0.25) is 0 Å². The van der Waals surface area contributed by atoms with Crippen molar-refractivity contribution in [3.05, 3.63) is 41.0 Å². The van der Waals surface area contributed by atoms with E-state index in [9.17, 15) is 4.79 Å². The highest BCUT2D eigenvalue weighted by Gasteiger charge is 1.97. The number of nitriles is 1. The zero-order chi connectivity index (χ0) is 10.6. The Balaban J connectivity index is 2.95. The summed E-state index contributed by atoms with van der Waals surface area (Å²) < 4.78 is 0. The van der Waals surface area contributed by atoms with Crippen LogP contribution in [0.3, 0.4) is 0 Å². The Bertz CT molecular complexity index is 410. The van der Waals surface area contributed by atoms with E-state index >= 15 is 0 Å². The first kappa shape index (κ1) is 10.0. The van der Waals surface area contributed by atoms with Gasteiger partial charge in [0.25, 0.3) is 0 Å². The predicted octanol–water partition coefficient (Wildman–Crippen LogP) is 1.45. The van der Waals surface area contributed by atoms with Crippen LogP contribution >= 0.6 is 0 Å². The number of benzene rings is 1. The molecule has 0 bridgehead atoms. The van der Waals surface area contributed by atoms with Gasteiger partial charge in [0, 0.05) is 5.57 Å². The van der Waals surface area contributed by atoms with Gasteiger partial charge in [0.15, 0.2) is 0 Å². The summed E-state index contributed by atoms with van der Waals surface area (Å²) in [5.41, 5.74) is 7.03. The van der Waals surface area contributed by atoms with Gasteiger partial charge in [-0.1, -0.05) is 12.1 Å².